The highest BCUT2D eigenvalue weighted by atomic mass is 35.5. The van der Waals surface area contributed by atoms with Gasteiger partial charge in [-0.25, -0.2) is 0 Å². The average molecular weight is 406 g/mol. The normalized spacial score (nSPS) is 15.7. The first-order valence-electron chi connectivity index (χ1n) is 7.88. The van der Waals surface area contributed by atoms with Crippen LogP contribution >= 0.6 is 35.6 Å². The van der Waals surface area contributed by atoms with Crippen LogP contribution in [0.5, 0.6) is 11.5 Å². The van der Waals surface area contributed by atoms with E-state index in [2.05, 4.69) is 0 Å². The summed E-state index contributed by atoms with van der Waals surface area (Å²) < 4.78 is 11.3. The Morgan fingerprint density at radius 1 is 1.23 bits per heavy atom. The van der Waals surface area contributed by atoms with Crippen molar-refractivity contribution < 1.29 is 14.3 Å². The van der Waals surface area contributed by atoms with E-state index in [0.717, 1.165) is 5.56 Å². The number of hydrogen-bond donors (Lipinski definition) is 0. The molecule has 0 aromatic heterocycles. The quantitative estimate of drug-likeness (QED) is 0.508. The SMILES string of the molecule is CCOc1ccc(/C=C2/SC(=S)N(c3ccccc3Cl)C2=O)cc1OC. The Kier molecular flexibility index (Phi) is 5.86. The van der Waals surface area contributed by atoms with Crippen molar-refractivity contribution in [2.75, 3.05) is 18.6 Å². The minimum absolute atomic E-state index is 0.194. The van der Waals surface area contributed by atoms with Gasteiger partial charge in [-0.1, -0.05) is 53.8 Å². The van der Waals surface area contributed by atoms with E-state index in [-0.39, 0.29) is 5.91 Å². The largest absolute Gasteiger partial charge is 0.493 e. The number of methoxy groups -OCH3 is 1. The molecule has 4 nitrogen and oxygen atoms in total. The van der Waals surface area contributed by atoms with Crippen LogP contribution in [0.3, 0.4) is 0 Å². The highest BCUT2D eigenvalue weighted by Crippen LogP contribution is 2.39. The molecule has 26 heavy (non-hydrogen) atoms. The highest BCUT2D eigenvalue weighted by molar-refractivity contribution is 8.27. The fourth-order valence-electron chi connectivity index (χ4n) is 2.51. The molecule has 1 aliphatic rings. The lowest BCUT2D eigenvalue weighted by atomic mass is 10.2. The number of thioether (sulfide) groups is 1. The monoisotopic (exact) mass is 405 g/mol. The minimum Gasteiger partial charge on any atom is -0.493 e. The van der Waals surface area contributed by atoms with Crippen LogP contribution in [0.4, 0.5) is 5.69 Å². The van der Waals surface area contributed by atoms with Crippen LogP contribution in [0.1, 0.15) is 12.5 Å². The van der Waals surface area contributed by atoms with Gasteiger partial charge in [0.05, 0.1) is 29.3 Å². The Bertz CT molecular complexity index is 898. The zero-order chi connectivity index (χ0) is 18.7. The summed E-state index contributed by atoms with van der Waals surface area (Å²) in [6, 6.07) is 12.7. The second kappa shape index (κ2) is 8.12. The maximum absolute atomic E-state index is 12.8. The van der Waals surface area contributed by atoms with Crippen molar-refractivity contribution in [2.45, 2.75) is 6.92 Å². The van der Waals surface area contributed by atoms with E-state index >= 15 is 0 Å². The number of anilines is 1. The highest BCUT2D eigenvalue weighted by Gasteiger charge is 2.34. The smallest absolute Gasteiger partial charge is 0.270 e. The number of carbonyl (C=O) groups is 1. The lowest BCUT2D eigenvalue weighted by Crippen LogP contribution is -2.27. The van der Waals surface area contributed by atoms with Crippen molar-refractivity contribution in [2.24, 2.45) is 0 Å². The number of carbonyl (C=O) groups excluding carboxylic acids is 1. The first-order chi connectivity index (χ1) is 12.5. The molecule has 2 aromatic rings. The van der Waals surface area contributed by atoms with E-state index in [4.69, 9.17) is 33.3 Å². The molecule has 0 bridgehead atoms. The van der Waals surface area contributed by atoms with E-state index in [1.165, 1.54) is 16.7 Å². The summed E-state index contributed by atoms with van der Waals surface area (Å²) in [7, 11) is 1.58. The second-order valence-corrected chi connectivity index (χ2v) is 7.39. The summed E-state index contributed by atoms with van der Waals surface area (Å²) in [5, 5.41) is 0.479. The van der Waals surface area contributed by atoms with Crippen LogP contribution in [0, 0.1) is 0 Å². The van der Waals surface area contributed by atoms with Gasteiger partial charge in [0, 0.05) is 0 Å². The number of rotatable bonds is 5. The molecule has 0 atom stereocenters. The van der Waals surface area contributed by atoms with Gasteiger partial charge in [0.25, 0.3) is 5.91 Å². The van der Waals surface area contributed by atoms with E-state index in [1.54, 1.807) is 25.3 Å². The third kappa shape index (κ3) is 3.72. The molecule has 0 unspecified atom stereocenters. The zero-order valence-electron chi connectivity index (χ0n) is 14.2. The number of benzene rings is 2. The second-order valence-electron chi connectivity index (χ2n) is 5.31. The Hall–Kier alpha value is -2.02. The van der Waals surface area contributed by atoms with Gasteiger partial charge in [-0.05, 0) is 42.8 Å². The third-order valence-corrected chi connectivity index (χ3v) is 5.29. The van der Waals surface area contributed by atoms with Crippen LogP contribution in [0.15, 0.2) is 47.4 Å². The van der Waals surface area contributed by atoms with E-state index < -0.39 is 0 Å². The number of ether oxygens (including phenoxy) is 2. The molecule has 1 amide bonds. The Labute approximate surface area is 166 Å². The van der Waals surface area contributed by atoms with E-state index in [9.17, 15) is 4.79 Å². The molecule has 0 radical (unpaired) electrons. The van der Waals surface area contributed by atoms with E-state index in [1.807, 2.05) is 37.3 Å². The molecule has 0 saturated carbocycles. The molecule has 134 valence electrons. The van der Waals surface area contributed by atoms with Crippen LogP contribution in [0.2, 0.25) is 5.02 Å². The third-order valence-electron chi connectivity index (χ3n) is 3.67. The lowest BCUT2D eigenvalue weighted by molar-refractivity contribution is -0.113. The number of hydrogen-bond acceptors (Lipinski definition) is 5. The number of halogens is 1. The number of amides is 1. The van der Waals surface area contributed by atoms with Gasteiger partial charge in [0.15, 0.2) is 15.8 Å². The molecule has 0 spiro atoms. The van der Waals surface area contributed by atoms with Gasteiger partial charge in [-0.3, -0.25) is 9.69 Å². The Balaban J connectivity index is 1.92. The molecule has 1 fully saturated rings. The Morgan fingerprint density at radius 2 is 2.00 bits per heavy atom. The summed E-state index contributed by atoms with van der Waals surface area (Å²) in [6.07, 6.45) is 1.79. The summed E-state index contributed by atoms with van der Waals surface area (Å²) in [4.78, 5) is 14.8. The molecule has 2 aromatic carbocycles. The molecule has 0 N–H and O–H groups in total. The first kappa shape index (κ1) is 18.8. The molecule has 0 aliphatic carbocycles. The van der Waals surface area contributed by atoms with Crippen molar-refractivity contribution in [3.8, 4) is 11.5 Å². The van der Waals surface area contributed by atoms with Gasteiger partial charge in [-0.2, -0.15) is 0 Å². The first-order valence-corrected chi connectivity index (χ1v) is 9.48. The molecule has 1 aliphatic heterocycles. The molecule has 7 heteroatoms. The van der Waals surface area contributed by atoms with Gasteiger partial charge in [0.1, 0.15) is 0 Å². The molecular formula is C19H16ClNO3S2. The zero-order valence-corrected chi connectivity index (χ0v) is 16.6. The molecule has 1 saturated heterocycles. The number of nitrogens with zero attached hydrogens (tertiary/aromatic N) is 1. The summed E-state index contributed by atoms with van der Waals surface area (Å²) in [5.41, 5.74) is 1.41. The lowest BCUT2D eigenvalue weighted by Gasteiger charge is -2.15. The molecular weight excluding hydrogens is 390 g/mol. The van der Waals surface area contributed by atoms with Crippen molar-refractivity contribution in [1.29, 1.82) is 0 Å². The van der Waals surface area contributed by atoms with Crippen molar-refractivity contribution in [3.63, 3.8) is 0 Å². The fourth-order valence-corrected chi connectivity index (χ4v) is 4.01. The van der Waals surface area contributed by atoms with Crippen LogP contribution in [0.25, 0.3) is 6.08 Å². The molecule has 1 heterocycles. The predicted molar refractivity (Wildman–Crippen MR) is 111 cm³/mol. The topological polar surface area (TPSA) is 38.8 Å². The van der Waals surface area contributed by atoms with Crippen LogP contribution in [-0.4, -0.2) is 23.9 Å². The average Bonchev–Trinajstić information content (AvgIpc) is 2.90. The maximum atomic E-state index is 12.8. The maximum Gasteiger partial charge on any atom is 0.270 e. The van der Waals surface area contributed by atoms with Gasteiger partial charge in [0.2, 0.25) is 0 Å². The summed E-state index contributed by atoms with van der Waals surface area (Å²) >= 11 is 12.8. The predicted octanol–water partition coefficient (Wildman–Crippen LogP) is 5.15. The Morgan fingerprint density at radius 3 is 2.69 bits per heavy atom. The summed E-state index contributed by atoms with van der Waals surface area (Å²) in [6.45, 7) is 2.46. The van der Waals surface area contributed by atoms with Crippen LogP contribution < -0.4 is 14.4 Å². The molecule has 3 rings (SSSR count). The number of thiocarbonyl (C=S) groups is 1. The van der Waals surface area contributed by atoms with Gasteiger partial charge in [-0.15, -0.1) is 0 Å². The standard InChI is InChI=1S/C19H16ClNO3S2/c1-3-24-15-9-8-12(10-16(15)23-2)11-17-18(22)21(19(25)26-17)14-7-5-4-6-13(14)20/h4-11H,3H2,1-2H3/b17-11+. The minimum atomic E-state index is -0.194. The van der Waals surface area contributed by atoms with Crippen molar-refractivity contribution in [1.82, 2.24) is 0 Å². The fraction of sp³-hybridized carbons (Fsp3) is 0.158. The van der Waals surface area contributed by atoms with E-state index in [0.29, 0.717) is 38.0 Å². The van der Waals surface area contributed by atoms with Crippen molar-refractivity contribution >= 4 is 57.6 Å². The number of para-hydroxylation sites is 1. The van der Waals surface area contributed by atoms with Gasteiger partial charge >= 0.3 is 0 Å². The summed E-state index contributed by atoms with van der Waals surface area (Å²) in [5.74, 6) is 1.08. The van der Waals surface area contributed by atoms with Crippen LogP contribution in [-0.2, 0) is 4.79 Å². The van der Waals surface area contributed by atoms with Gasteiger partial charge < -0.3 is 9.47 Å². The van der Waals surface area contributed by atoms with Crippen molar-refractivity contribution in [3.05, 3.63) is 58.0 Å².